The van der Waals surface area contributed by atoms with Gasteiger partial charge in [0, 0.05) is 11.8 Å². The standard InChI is InChI=1S/C15H12BrF3N4O5S/c1-29(26,27)8-4-2-3-7(5-8)14-22-13(23-28-14)11(21-6-9(24)25)10(16)12(20)15(17,18)19/h2-5H,6,20H2,1H3,(H,24,25)/b12-10+,21-11?. The number of alkyl halides is 3. The van der Waals surface area contributed by atoms with Crippen molar-refractivity contribution in [1.82, 2.24) is 10.1 Å². The maximum absolute atomic E-state index is 12.9. The molecule has 0 atom stereocenters. The minimum atomic E-state index is -4.93. The number of aliphatic carboxylic acids is 1. The van der Waals surface area contributed by atoms with Crippen LogP contribution in [0.3, 0.4) is 0 Å². The number of carbonyl (C=O) groups is 1. The normalized spacial score (nSPS) is 13.9. The monoisotopic (exact) mass is 496 g/mol. The molecule has 29 heavy (non-hydrogen) atoms. The van der Waals surface area contributed by atoms with Crippen LogP contribution in [0.1, 0.15) is 5.82 Å². The van der Waals surface area contributed by atoms with Crippen LogP contribution in [0, 0.1) is 0 Å². The van der Waals surface area contributed by atoms with Crippen LogP contribution in [0.4, 0.5) is 13.2 Å². The summed E-state index contributed by atoms with van der Waals surface area (Å²) in [6.45, 7) is -0.886. The largest absolute Gasteiger partial charge is 0.480 e. The van der Waals surface area contributed by atoms with Crippen molar-refractivity contribution >= 4 is 37.4 Å². The maximum Gasteiger partial charge on any atom is 0.431 e. The molecule has 0 bridgehead atoms. The van der Waals surface area contributed by atoms with Gasteiger partial charge in [-0.25, -0.2) is 8.42 Å². The Kier molecular flexibility index (Phi) is 6.47. The number of sulfone groups is 1. The zero-order chi connectivity index (χ0) is 22.0. The van der Waals surface area contributed by atoms with Gasteiger partial charge in [0.25, 0.3) is 5.89 Å². The Morgan fingerprint density at radius 1 is 1.38 bits per heavy atom. The molecule has 1 aromatic carbocycles. The summed E-state index contributed by atoms with van der Waals surface area (Å²) in [5.74, 6) is -2.12. The zero-order valence-corrected chi connectivity index (χ0v) is 16.8. The quantitative estimate of drug-likeness (QED) is 0.577. The average Bonchev–Trinajstić information content (AvgIpc) is 3.09. The summed E-state index contributed by atoms with van der Waals surface area (Å²) in [5.41, 5.74) is 3.05. The van der Waals surface area contributed by atoms with E-state index in [0.29, 0.717) is 0 Å². The molecule has 0 radical (unpaired) electrons. The number of hydrogen-bond acceptors (Lipinski definition) is 8. The van der Waals surface area contributed by atoms with Crippen LogP contribution in [0.5, 0.6) is 0 Å². The highest BCUT2D eigenvalue weighted by Crippen LogP contribution is 2.29. The van der Waals surface area contributed by atoms with Crippen molar-refractivity contribution in [3.8, 4) is 11.5 Å². The van der Waals surface area contributed by atoms with E-state index in [0.717, 1.165) is 6.26 Å². The van der Waals surface area contributed by atoms with E-state index in [4.69, 9.17) is 15.4 Å². The van der Waals surface area contributed by atoms with Gasteiger partial charge in [0.05, 0.1) is 9.38 Å². The molecule has 0 aliphatic rings. The highest BCUT2D eigenvalue weighted by molar-refractivity contribution is 9.12. The number of allylic oxidation sites excluding steroid dienone is 2. The molecule has 9 nitrogen and oxygen atoms in total. The van der Waals surface area contributed by atoms with Gasteiger partial charge < -0.3 is 15.4 Å². The fraction of sp³-hybridized carbons (Fsp3) is 0.200. The van der Waals surface area contributed by atoms with Crippen LogP contribution in [-0.2, 0) is 14.6 Å². The lowest BCUT2D eigenvalue weighted by Crippen LogP contribution is -2.24. The Hall–Kier alpha value is -2.74. The van der Waals surface area contributed by atoms with Gasteiger partial charge in [0.15, 0.2) is 9.84 Å². The maximum atomic E-state index is 12.9. The number of halogens is 4. The lowest BCUT2D eigenvalue weighted by atomic mass is 10.2. The molecule has 0 saturated heterocycles. The summed E-state index contributed by atoms with van der Waals surface area (Å²) < 4.78 is 66.2. The number of hydrogen-bond donors (Lipinski definition) is 2. The van der Waals surface area contributed by atoms with Crippen molar-refractivity contribution in [1.29, 1.82) is 0 Å². The molecule has 1 heterocycles. The first-order chi connectivity index (χ1) is 13.3. The van der Waals surface area contributed by atoms with Gasteiger partial charge in [-0.1, -0.05) is 11.2 Å². The first-order valence-electron chi connectivity index (χ1n) is 7.44. The first kappa shape index (κ1) is 22.5. The van der Waals surface area contributed by atoms with E-state index < -0.39 is 50.2 Å². The van der Waals surface area contributed by atoms with Gasteiger partial charge in [-0.05, 0) is 34.1 Å². The van der Waals surface area contributed by atoms with Crippen molar-refractivity contribution in [2.75, 3.05) is 12.8 Å². The van der Waals surface area contributed by atoms with Gasteiger partial charge in [-0.15, -0.1) is 0 Å². The van der Waals surface area contributed by atoms with Crippen LogP contribution < -0.4 is 5.73 Å². The van der Waals surface area contributed by atoms with Gasteiger partial charge in [0.1, 0.15) is 18.0 Å². The SMILES string of the molecule is CS(=O)(=O)c1cccc(-c2nc(C(=NCC(=O)O)/C(Br)=C(\N)C(F)(F)F)no2)c1. The average molecular weight is 497 g/mol. The highest BCUT2D eigenvalue weighted by Gasteiger charge is 2.36. The summed E-state index contributed by atoms with van der Waals surface area (Å²) in [5, 5.41) is 12.3. The van der Waals surface area contributed by atoms with Crippen molar-refractivity contribution in [2.24, 2.45) is 10.7 Å². The third-order valence-electron chi connectivity index (χ3n) is 3.27. The Labute approximate surface area is 170 Å². The molecule has 0 amide bonds. The molecule has 0 spiro atoms. The third kappa shape index (κ3) is 5.63. The molecular weight excluding hydrogens is 485 g/mol. The van der Waals surface area contributed by atoms with Crippen molar-refractivity contribution in [2.45, 2.75) is 11.1 Å². The Bertz CT molecular complexity index is 1110. The first-order valence-corrected chi connectivity index (χ1v) is 10.1. The number of aromatic nitrogens is 2. The number of nitrogens with zero attached hydrogens (tertiary/aromatic N) is 3. The summed E-state index contributed by atoms with van der Waals surface area (Å²) in [4.78, 5) is 18.2. The van der Waals surface area contributed by atoms with Crippen LogP contribution in [0.2, 0.25) is 0 Å². The van der Waals surface area contributed by atoms with Gasteiger partial charge >= 0.3 is 12.1 Å². The van der Waals surface area contributed by atoms with Crippen molar-refractivity contribution in [3.63, 3.8) is 0 Å². The van der Waals surface area contributed by atoms with E-state index in [-0.39, 0.29) is 16.3 Å². The molecule has 0 fully saturated rings. The third-order valence-corrected chi connectivity index (χ3v) is 5.18. The molecular formula is C15H12BrF3N4O5S. The van der Waals surface area contributed by atoms with Crippen molar-refractivity contribution < 1.29 is 36.0 Å². The molecule has 2 aromatic rings. The Morgan fingerprint density at radius 2 is 2.03 bits per heavy atom. The predicted molar refractivity (Wildman–Crippen MR) is 98.1 cm³/mol. The number of carboxylic acid groups (broad SMARTS) is 1. The van der Waals surface area contributed by atoms with Gasteiger partial charge in [0.2, 0.25) is 5.82 Å². The fourth-order valence-electron chi connectivity index (χ4n) is 1.93. The number of rotatable bonds is 6. The fourth-order valence-corrected chi connectivity index (χ4v) is 3.13. The number of carboxylic acids is 1. The second-order valence-corrected chi connectivity index (χ2v) is 8.32. The van der Waals surface area contributed by atoms with Crippen LogP contribution in [-0.4, -0.2) is 54.3 Å². The highest BCUT2D eigenvalue weighted by atomic mass is 79.9. The van der Waals surface area contributed by atoms with Gasteiger partial charge in [-0.3, -0.25) is 9.79 Å². The van der Waals surface area contributed by atoms with Crippen LogP contribution in [0.25, 0.3) is 11.5 Å². The molecule has 1 aromatic heterocycles. The number of nitrogens with two attached hydrogens (primary N) is 1. The Balaban J connectivity index is 2.55. The number of benzene rings is 1. The summed E-state index contributed by atoms with van der Waals surface area (Å²) in [7, 11) is -3.54. The van der Waals surface area contributed by atoms with Crippen LogP contribution in [0.15, 0.2) is 48.9 Å². The summed E-state index contributed by atoms with van der Waals surface area (Å²) >= 11 is 2.65. The van der Waals surface area contributed by atoms with E-state index >= 15 is 0 Å². The second-order valence-electron chi connectivity index (χ2n) is 5.51. The topological polar surface area (TPSA) is 149 Å². The smallest absolute Gasteiger partial charge is 0.431 e. The van der Waals surface area contributed by atoms with E-state index in [1.54, 1.807) is 0 Å². The molecule has 3 N–H and O–H groups in total. The number of aliphatic imine (C=N–C) groups is 1. The molecule has 2 rings (SSSR count). The van der Waals surface area contributed by atoms with E-state index in [9.17, 15) is 26.4 Å². The zero-order valence-electron chi connectivity index (χ0n) is 14.4. The molecule has 156 valence electrons. The van der Waals surface area contributed by atoms with E-state index in [1.807, 2.05) is 0 Å². The lowest BCUT2D eigenvalue weighted by Gasteiger charge is -2.10. The summed E-state index contributed by atoms with van der Waals surface area (Å²) in [6.07, 6.45) is -3.94. The van der Waals surface area contributed by atoms with Crippen LogP contribution >= 0.6 is 15.9 Å². The minimum Gasteiger partial charge on any atom is -0.480 e. The predicted octanol–water partition coefficient (Wildman–Crippen LogP) is 2.14. The molecule has 0 unspecified atom stereocenters. The van der Waals surface area contributed by atoms with Crippen molar-refractivity contribution in [3.05, 3.63) is 40.3 Å². The van der Waals surface area contributed by atoms with E-state index in [1.165, 1.54) is 24.3 Å². The molecule has 0 aliphatic heterocycles. The van der Waals surface area contributed by atoms with Gasteiger partial charge in [-0.2, -0.15) is 18.2 Å². The lowest BCUT2D eigenvalue weighted by molar-refractivity contribution is -0.135. The Morgan fingerprint density at radius 3 is 2.59 bits per heavy atom. The minimum absolute atomic E-state index is 0.0445. The molecule has 0 aliphatic carbocycles. The van der Waals surface area contributed by atoms with E-state index in [2.05, 4.69) is 31.1 Å². The second kappa shape index (κ2) is 8.32. The molecule has 0 saturated carbocycles. The summed E-state index contributed by atoms with van der Waals surface area (Å²) in [6, 6.07) is 5.41. The molecule has 14 heteroatoms.